The summed E-state index contributed by atoms with van der Waals surface area (Å²) >= 11 is 0. The number of likely N-dealkylation sites (tertiary alicyclic amines) is 1. The fourth-order valence-corrected chi connectivity index (χ4v) is 5.63. The van der Waals surface area contributed by atoms with Crippen LogP contribution in [0.25, 0.3) is 0 Å². The summed E-state index contributed by atoms with van der Waals surface area (Å²) in [7, 11) is -2.33. The molecular weight excluding hydrogens is 426 g/mol. The highest BCUT2D eigenvalue weighted by Gasteiger charge is 2.29. The molecule has 1 aliphatic rings. The van der Waals surface area contributed by atoms with Crippen LogP contribution in [0.15, 0.2) is 47.4 Å². The van der Waals surface area contributed by atoms with Crippen molar-refractivity contribution in [3.63, 3.8) is 0 Å². The number of amides is 1. The van der Waals surface area contributed by atoms with E-state index in [4.69, 9.17) is 10.00 Å². The molecule has 0 atom stereocenters. The zero-order valence-electron chi connectivity index (χ0n) is 18.7. The van der Waals surface area contributed by atoms with E-state index in [1.165, 1.54) is 4.31 Å². The average molecular weight is 456 g/mol. The fourth-order valence-electron chi connectivity index (χ4n) is 3.96. The van der Waals surface area contributed by atoms with Gasteiger partial charge in [0, 0.05) is 32.0 Å². The minimum atomic E-state index is -3.88. The molecule has 32 heavy (non-hydrogen) atoms. The van der Waals surface area contributed by atoms with Crippen molar-refractivity contribution in [2.45, 2.75) is 38.0 Å². The second-order valence-electron chi connectivity index (χ2n) is 8.08. The summed E-state index contributed by atoms with van der Waals surface area (Å²) in [6.07, 6.45) is 1.38. The monoisotopic (exact) mass is 455 g/mol. The molecule has 0 spiro atoms. The Balaban J connectivity index is 1.86. The number of benzene rings is 2. The van der Waals surface area contributed by atoms with Gasteiger partial charge in [-0.2, -0.15) is 5.26 Å². The fraction of sp³-hybridized carbons (Fsp3) is 0.417. The summed E-state index contributed by atoms with van der Waals surface area (Å²) < 4.78 is 33.7. The highest BCUT2D eigenvalue weighted by Crippen LogP contribution is 2.28. The number of piperidine rings is 1. The van der Waals surface area contributed by atoms with Gasteiger partial charge >= 0.3 is 0 Å². The molecule has 170 valence electrons. The van der Waals surface area contributed by atoms with Crippen molar-refractivity contribution in [2.24, 2.45) is 5.92 Å². The van der Waals surface area contributed by atoms with Gasteiger partial charge in [-0.05, 0) is 62.6 Å². The molecule has 0 unspecified atom stereocenters. The number of aryl methyl sites for hydroxylation is 2. The van der Waals surface area contributed by atoms with Crippen LogP contribution in [0.4, 0.5) is 5.69 Å². The second kappa shape index (κ2) is 10.0. The van der Waals surface area contributed by atoms with Gasteiger partial charge in [0.05, 0.1) is 23.8 Å². The first kappa shape index (κ1) is 23.6. The molecule has 0 aliphatic carbocycles. The molecular formula is C24H29N3O4S. The highest BCUT2D eigenvalue weighted by molar-refractivity contribution is 7.92. The first-order valence-corrected chi connectivity index (χ1v) is 12.1. The summed E-state index contributed by atoms with van der Waals surface area (Å²) in [4.78, 5) is 14.8. The van der Waals surface area contributed by atoms with Crippen molar-refractivity contribution in [2.75, 3.05) is 31.0 Å². The third-order valence-corrected chi connectivity index (χ3v) is 7.81. The summed E-state index contributed by atoms with van der Waals surface area (Å²) in [5, 5.41) is 9.06. The number of hydrogen-bond donors (Lipinski definition) is 0. The zero-order chi connectivity index (χ0) is 23.3. The van der Waals surface area contributed by atoms with Gasteiger partial charge < -0.3 is 9.64 Å². The van der Waals surface area contributed by atoms with Crippen LogP contribution in [0.2, 0.25) is 0 Å². The molecule has 0 saturated carbocycles. The van der Waals surface area contributed by atoms with E-state index in [-0.39, 0.29) is 29.7 Å². The van der Waals surface area contributed by atoms with E-state index in [0.717, 1.165) is 5.56 Å². The summed E-state index contributed by atoms with van der Waals surface area (Å²) in [5.74, 6) is 0.504. The number of ether oxygens (including phenoxy) is 1. The van der Waals surface area contributed by atoms with Gasteiger partial charge in [-0.25, -0.2) is 8.42 Å². The molecule has 0 bridgehead atoms. The van der Waals surface area contributed by atoms with E-state index in [2.05, 4.69) is 6.07 Å². The molecule has 2 aromatic carbocycles. The number of carbonyl (C=O) groups is 1. The Morgan fingerprint density at radius 1 is 1.16 bits per heavy atom. The average Bonchev–Trinajstić information content (AvgIpc) is 2.79. The van der Waals surface area contributed by atoms with Gasteiger partial charge in [-0.15, -0.1) is 0 Å². The normalized spacial score (nSPS) is 14.6. The first-order chi connectivity index (χ1) is 15.3. The minimum Gasteiger partial charge on any atom is -0.497 e. The molecule has 8 heteroatoms. The van der Waals surface area contributed by atoms with Gasteiger partial charge in [-0.3, -0.25) is 9.10 Å². The number of methoxy groups -OCH3 is 1. The SMILES string of the molecule is COc1ccc(N(CCC(=O)N2CCC(C#N)CC2)S(=O)(=O)c2ccc(C)cc2C)cc1. The predicted molar refractivity (Wildman–Crippen MR) is 123 cm³/mol. The molecule has 7 nitrogen and oxygen atoms in total. The van der Waals surface area contributed by atoms with E-state index in [9.17, 15) is 13.2 Å². The van der Waals surface area contributed by atoms with Gasteiger partial charge in [0.25, 0.3) is 10.0 Å². The quantitative estimate of drug-likeness (QED) is 0.635. The molecule has 1 fully saturated rings. The van der Waals surface area contributed by atoms with E-state index >= 15 is 0 Å². The van der Waals surface area contributed by atoms with Crippen molar-refractivity contribution in [1.29, 1.82) is 5.26 Å². The summed E-state index contributed by atoms with van der Waals surface area (Å²) in [5.41, 5.74) is 2.11. The van der Waals surface area contributed by atoms with E-state index in [1.54, 1.807) is 55.3 Å². The molecule has 1 saturated heterocycles. The number of nitrogens with zero attached hydrogens (tertiary/aromatic N) is 3. The van der Waals surface area contributed by atoms with Crippen LogP contribution in [-0.2, 0) is 14.8 Å². The summed E-state index contributed by atoms with van der Waals surface area (Å²) in [6.45, 7) is 4.78. The van der Waals surface area contributed by atoms with Crippen molar-refractivity contribution in [3.05, 3.63) is 53.6 Å². The molecule has 0 radical (unpaired) electrons. The van der Waals surface area contributed by atoms with Crippen molar-refractivity contribution >= 4 is 21.6 Å². The number of hydrogen-bond acceptors (Lipinski definition) is 5. The van der Waals surface area contributed by atoms with Crippen LogP contribution in [0.1, 0.15) is 30.4 Å². The molecule has 0 aromatic heterocycles. The van der Waals surface area contributed by atoms with Crippen molar-refractivity contribution < 1.29 is 17.9 Å². The Hall–Kier alpha value is -3.05. The van der Waals surface area contributed by atoms with Crippen LogP contribution >= 0.6 is 0 Å². The first-order valence-electron chi connectivity index (χ1n) is 10.7. The standard InChI is InChI=1S/C24H29N3O4S/c1-18-4-9-23(19(2)16-18)32(29,30)27(21-5-7-22(31-3)8-6-21)15-12-24(28)26-13-10-20(17-25)11-14-26/h4-9,16,20H,10-15H2,1-3H3. The lowest BCUT2D eigenvalue weighted by molar-refractivity contribution is -0.132. The van der Waals surface area contributed by atoms with Crippen LogP contribution in [0.3, 0.4) is 0 Å². The Kier molecular flexibility index (Phi) is 7.41. The smallest absolute Gasteiger partial charge is 0.264 e. The van der Waals surface area contributed by atoms with Crippen LogP contribution in [-0.4, -0.2) is 46.0 Å². The van der Waals surface area contributed by atoms with Gasteiger partial charge in [-0.1, -0.05) is 17.7 Å². The van der Waals surface area contributed by atoms with Crippen molar-refractivity contribution in [1.82, 2.24) is 4.90 Å². The van der Waals surface area contributed by atoms with Crippen LogP contribution in [0, 0.1) is 31.1 Å². The maximum atomic E-state index is 13.6. The number of nitriles is 1. The molecule has 2 aromatic rings. The van der Waals surface area contributed by atoms with E-state index in [0.29, 0.717) is 42.9 Å². The van der Waals surface area contributed by atoms with E-state index < -0.39 is 10.0 Å². The maximum Gasteiger partial charge on any atom is 0.264 e. The lowest BCUT2D eigenvalue weighted by Gasteiger charge is -2.31. The Bertz CT molecular complexity index is 1100. The molecule has 1 heterocycles. The van der Waals surface area contributed by atoms with Crippen molar-refractivity contribution in [3.8, 4) is 11.8 Å². The molecule has 1 amide bonds. The predicted octanol–water partition coefficient (Wildman–Crippen LogP) is 3.66. The van der Waals surface area contributed by atoms with Crippen LogP contribution < -0.4 is 9.04 Å². The van der Waals surface area contributed by atoms with Crippen LogP contribution in [0.5, 0.6) is 5.75 Å². The molecule has 1 aliphatic heterocycles. The Morgan fingerprint density at radius 2 is 1.81 bits per heavy atom. The topological polar surface area (TPSA) is 90.7 Å². The number of carbonyl (C=O) groups excluding carboxylic acids is 1. The Morgan fingerprint density at radius 3 is 2.38 bits per heavy atom. The lowest BCUT2D eigenvalue weighted by atomic mass is 9.98. The number of sulfonamides is 1. The molecule has 0 N–H and O–H groups in total. The summed E-state index contributed by atoms with van der Waals surface area (Å²) in [6, 6.07) is 14.3. The third kappa shape index (κ3) is 5.22. The molecule has 3 rings (SSSR count). The Labute approximate surface area is 190 Å². The van der Waals surface area contributed by atoms with Gasteiger partial charge in [0.1, 0.15) is 5.75 Å². The zero-order valence-corrected chi connectivity index (χ0v) is 19.6. The van der Waals surface area contributed by atoms with Gasteiger partial charge in [0.15, 0.2) is 0 Å². The van der Waals surface area contributed by atoms with Gasteiger partial charge in [0.2, 0.25) is 5.91 Å². The highest BCUT2D eigenvalue weighted by atomic mass is 32.2. The maximum absolute atomic E-state index is 13.6. The minimum absolute atomic E-state index is 0.0141. The third-order valence-electron chi connectivity index (χ3n) is 5.82. The number of rotatable bonds is 7. The second-order valence-corrected chi connectivity index (χ2v) is 9.91. The number of anilines is 1. The van der Waals surface area contributed by atoms with E-state index in [1.807, 2.05) is 13.0 Å². The largest absolute Gasteiger partial charge is 0.497 e. The lowest BCUT2D eigenvalue weighted by Crippen LogP contribution is -2.41.